The van der Waals surface area contributed by atoms with Gasteiger partial charge >= 0.3 is 0 Å². The van der Waals surface area contributed by atoms with E-state index >= 15 is 0 Å². The molecular weight excluding hydrogens is 264 g/mol. The summed E-state index contributed by atoms with van der Waals surface area (Å²) in [5, 5.41) is 9.84. The van der Waals surface area contributed by atoms with Crippen LogP contribution in [0.1, 0.15) is 37.1 Å². The molecule has 2 aliphatic rings. The van der Waals surface area contributed by atoms with Crippen molar-refractivity contribution in [2.45, 2.75) is 51.7 Å². The Balaban J connectivity index is 1.61. The van der Waals surface area contributed by atoms with E-state index in [1.165, 1.54) is 0 Å². The van der Waals surface area contributed by atoms with Gasteiger partial charge in [-0.05, 0) is 46.1 Å². The van der Waals surface area contributed by atoms with Crippen molar-refractivity contribution < 1.29 is 5.11 Å². The Kier molecular flexibility index (Phi) is 4.40. The van der Waals surface area contributed by atoms with E-state index < -0.39 is 0 Å². The molecule has 5 nitrogen and oxygen atoms in total. The van der Waals surface area contributed by atoms with Crippen molar-refractivity contribution in [3.63, 3.8) is 0 Å². The normalized spacial score (nSPS) is 25.3. The predicted molar refractivity (Wildman–Crippen MR) is 83.6 cm³/mol. The molecule has 0 aliphatic carbocycles. The van der Waals surface area contributed by atoms with E-state index in [1.807, 2.05) is 20.0 Å². The molecule has 5 heteroatoms. The zero-order chi connectivity index (χ0) is 14.8. The zero-order valence-electron chi connectivity index (χ0n) is 13.1. The second kappa shape index (κ2) is 6.28. The van der Waals surface area contributed by atoms with E-state index in [2.05, 4.69) is 19.8 Å². The summed E-state index contributed by atoms with van der Waals surface area (Å²) in [7, 11) is 0. The summed E-state index contributed by atoms with van der Waals surface area (Å²) in [6, 6.07) is 0.620. The number of aliphatic hydroxyl groups excluding tert-OH is 1. The van der Waals surface area contributed by atoms with Crippen LogP contribution in [0.3, 0.4) is 0 Å². The Hall–Kier alpha value is -1.20. The third-order valence-corrected chi connectivity index (χ3v) is 4.76. The summed E-state index contributed by atoms with van der Waals surface area (Å²) in [6.45, 7) is 8.11. The van der Waals surface area contributed by atoms with E-state index in [4.69, 9.17) is 0 Å². The maximum atomic E-state index is 9.84. The SMILES string of the molecule is Cc1cnc(C)c(N2CCC(N3CCCC(O)C3)CC2)n1. The van der Waals surface area contributed by atoms with Gasteiger partial charge in [-0.2, -0.15) is 0 Å². The first kappa shape index (κ1) is 14.7. The van der Waals surface area contributed by atoms with Crippen LogP contribution >= 0.6 is 0 Å². The van der Waals surface area contributed by atoms with Crippen molar-refractivity contribution in [2.24, 2.45) is 0 Å². The number of rotatable bonds is 2. The summed E-state index contributed by atoms with van der Waals surface area (Å²) in [6.07, 6.45) is 6.11. The second-order valence-electron chi connectivity index (χ2n) is 6.43. The number of anilines is 1. The van der Waals surface area contributed by atoms with E-state index in [0.717, 1.165) is 69.1 Å². The first-order valence-corrected chi connectivity index (χ1v) is 8.11. The van der Waals surface area contributed by atoms with Gasteiger partial charge in [0.05, 0.1) is 17.5 Å². The number of hydrogen-bond donors (Lipinski definition) is 1. The van der Waals surface area contributed by atoms with Gasteiger partial charge in [-0.25, -0.2) is 4.98 Å². The van der Waals surface area contributed by atoms with Crippen molar-refractivity contribution >= 4 is 5.82 Å². The highest BCUT2D eigenvalue weighted by Crippen LogP contribution is 2.25. The molecule has 1 aromatic heterocycles. The first-order chi connectivity index (χ1) is 10.1. The van der Waals surface area contributed by atoms with Gasteiger partial charge in [0.15, 0.2) is 0 Å². The van der Waals surface area contributed by atoms with Gasteiger partial charge in [0.2, 0.25) is 0 Å². The average molecular weight is 290 g/mol. The van der Waals surface area contributed by atoms with Gasteiger partial charge in [-0.3, -0.25) is 9.88 Å². The lowest BCUT2D eigenvalue weighted by atomic mass is 9.99. The van der Waals surface area contributed by atoms with Gasteiger partial charge in [-0.1, -0.05) is 0 Å². The maximum Gasteiger partial charge on any atom is 0.150 e. The third kappa shape index (κ3) is 3.35. The quantitative estimate of drug-likeness (QED) is 0.895. The molecule has 0 radical (unpaired) electrons. The lowest BCUT2D eigenvalue weighted by Gasteiger charge is -2.41. The lowest BCUT2D eigenvalue weighted by Crippen LogP contribution is -2.49. The van der Waals surface area contributed by atoms with Gasteiger partial charge in [-0.15, -0.1) is 0 Å². The number of aryl methyl sites for hydroxylation is 2. The van der Waals surface area contributed by atoms with Crippen LogP contribution in [0.2, 0.25) is 0 Å². The zero-order valence-corrected chi connectivity index (χ0v) is 13.1. The molecule has 2 saturated heterocycles. The molecule has 3 rings (SSSR count). The summed E-state index contributed by atoms with van der Waals surface area (Å²) in [4.78, 5) is 13.9. The van der Waals surface area contributed by atoms with Crippen LogP contribution in [0, 0.1) is 13.8 Å². The summed E-state index contributed by atoms with van der Waals surface area (Å²) >= 11 is 0. The molecule has 0 amide bonds. The molecule has 2 aliphatic heterocycles. The Morgan fingerprint density at radius 1 is 1.14 bits per heavy atom. The van der Waals surface area contributed by atoms with Crippen molar-refractivity contribution in [3.05, 3.63) is 17.6 Å². The molecule has 0 bridgehead atoms. The molecule has 0 spiro atoms. The number of piperidine rings is 2. The summed E-state index contributed by atoms with van der Waals surface area (Å²) in [5.74, 6) is 1.05. The molecule has 116 valence electrons. The number of β-amino-alcohol motifs (C(OH)–C–C–N with tert-alkyl or cyclic N) is 1. The fraction of sp³-hybridized carbons (Fsp3) is 0.750. The minimum absolute atomic E-state index is 0.123. The van der Waals surface area contributed by atoms with Crippen LogP contribution in [0.4, 0.5) is 5.82 Å². The summed E-state index contributed by atoms with van der Waals surface area (Å²) in [5.41, 5.74) is 2.00. The van der Waals surface area contributed by atoms with Crippen LogP contribution in [0.25, 0.3) is 0 Å². The van der Waals surface area contributed by atoms with Gasteiger partial charge in [0.1, 0.15) is 5.82 Å². The van der Waals surface area contributed by atoms with Crippen LogP contribution in [-0.4, -0.2) is 58.3 Å². The molecule has 1 aromatic rings. The molecule has 0 aromatic carbocycles. The maximum absolute atomic E-state index is 9.84. The molecule has 1 N–H and O–H groups in total. The van der Waals surface area contributed by atoms with Crippen molar-refractivity contribution in [1.82, 2.24) is 14.9 Å². The molecule has 1 unspecified atom stereocenters. The van der Waals surface area contributed by atoms with E-state index in [-0.39, 0.29) is 6.10 Å². The topological polar surface area (TPSA) is 52.5 Å². The highest BCUT2D eigenvalue weighted by molar-refractivity contribution is 5.43. The fourth-order valence-electron chi connectivity index (χ4n) is 3.58. The fourth-order valence-corrected chi connectivity index (χ4v) is 3.58. The van der Waals surface area contributed by atoms with E-state index in [1.54, 1.807) is 0 Å². The van der Waals surface area contributed by atoms with Gasteiger partial charge in [0, 0.05) is 31.9 Å². The van der Waals surface area contributed by atoms with Crippen LogP contribution < -0.4 is 4.90 Å². The van der Waals surface area contributed by atoms with Crippen molar-refractivity contribution in [3.8, 4) is 0 Å². The predicted octanol–water partition coefficient (Wildman–Crippen LogP) is 1.52. The number of likely N-dealkylation sites (tertiary alicyclic amines) is 1. The van der Waals surface area contributed by atoms with Gasteiger partial charge < -0.3 is 10.0 Å². The Morgan fingerprint density at radius 3 is 2.62 bits per heavy atom. The number of aliphatic hydroxyl groups is 1. The standard InChI is InChI=1S/C16H26N4O/c1-12-10-17-13(2)16(18-12)19-8-5-14(6-9-19)20-7-3-4-15(21)11-20/h10,14-15,21H,3-9,11H2,1-2H3. The number of nitrogens with zero attached hydrogens (tertiary/aromatic N) is 4. The van der Waals surface area contributed by atoms with E-state index in [9.17, 15) is 5.11 Å². The second-order valence-corrected chi connectivity index (χ2v) is 6.43. The average Bonchev–Trinajstić information content (AvgIpc) is 2.50. The molecule has 2 fully saturated rings. The van der Waals surface area contributed by atoms with Crippen LogP contribution in [0.15, 0.2) is 6.20 Å². The monoisotopic (exact) mass is 290 g/mol. The minimum atomic E-state index is -0.123. The molecule has 1 atom stereocenters. The van der Waals surface area contributed by atoms with Crippen molar-refractivity contribution in [2.75, 3.05) is 31.1 Å². The summed E-state index contributed by atoms with van der Waals surface area (Å²) < 4.78 is 0. The molecule has 3 heterocycles. The van der Waals surface area contributed by atoms with Gasteiger partial charge in [0.25, 0.3) is 0 Å². The highest BCUT2D eigenvalue weighted by Gasteiger charge is 2.29. The Bertz CT molecular complexity index is 485. The Labute approximate surface area is 127 Å². The number of aromatic nitrogens is 2. The highest BCUT2D eigenvalue weighted by atomic mass is 16.3. The third-order valence-electron chi connectivity index (χ3n) is 4.76. The minimum Gasteiger partial charge on any atom is -0.392 e. The van der Waals surface area contributed by atoms with E-state index in [0.29, 0.717) is 6.04 Å². The smallest absolute Gasteiger partial charge is 0.150 e. The molecular formula is C16H26N4O. The molecule has 0 saturated carbocycles. The van der Waals surface area contributed by atoms with Crippen LogP contribution in [-0.2, 0) is 0 Å². The largest absolute Gasteiger partial charge is 0.392 e. The molecule has 21 heavy (non-hydrogen) atoms. The number of hydrogen-bond acceptors (Lipinski definition) is 5. The lowest BCUT2D eigenvalue weighted by molar-refractivity contribution is 0.0398. The van der Waals surface area contributed by atoms with Crippen molar-refractivity contribution in [1.29, 1.82) is 0 Å². The Morgan fingerprint density at radius 2 is 1.90 bits per heavy atom. The first-order valence-electron chi connectivity index (χ1n) is 8.11. The van der Waals surface area contributed by atoms with Crippen LogP contribution in [0.5, 0.6) is 0 Å².